The Balaban J connectivity index is 1.97. The van der Waals surface area contributed by atoms with E-state index >= 15 is 0 Å². The van der Waals surface area contributed by atoms with Gasteiger partial charge in [-0.2, -0.15) is 0 Å². The van der Waals surface area contributed by atoms with Crippen LogP contribution < -0.4 is 10.2 Å². The van der Waals surface area contributed by atoms with Crippen molar-refractivity contribution in [1.29, 1.82) is 0 Å². The average molecular weight is 268 g/mol. The number of nitrogens with zero attached hydrogens (tertiary/aromatic N) is 1. The van der Waals surface area contributed by atoms with Crippen LogP contribution in [0.25, 0.3) is 0 Å². The Morgan fingerprint density at radius 1 is 1.10 bits per heavy atom. The molecule has 4 nitrogen and oxygen atoms in total. The normalized spacial score (nSPS) is 14.5. The molecule has 1 aliphatic rings. The van der Waals surface area contributed by atoms with Gasteiger partial charge in [0.25, 0.3) is 5.91 Å². The molecule has 0 saturated carbocycles. The van der Waals surface area contributed by atoms with Crippen LogP contribution in [0.1, 0.15) is 15.9 Å². The van der Waals surface area contributed by atoms with Crippen LogP contribution in [0.3, 0.4) is 0 Å². The van der Waals surface area contributed by atoms with Gasteiger partial charge >= 0.3 is 0 Å². The lowest BCUT2D eigenvalue weighted by Crippen LogP contribution is -2.34. The number of para-hydroxylation sites is 1. The van der Waals surface area contributed by atoms with Crippen LogP contribution in [0.2, 0.25) is 0 Å². The first-order chi connectivity index (χ1) is 9.75. The van der Waals surface area contributed by atoms with E-state index in [0.717, 1.165) is 24.3 Å². The molecule has 2 aromatic rings. The molecule has 4 heteroatoms. The number of phenols is 1. The molecule has 0 spiro atoms. The fourth-order valence-electron chi connectivity index (χ4n) is 2.43. The maximum absolute atomic E-state index is 12.6. The van der Waals surface area contributed by atoms with Crippen molar-refractivity contribution < 1.29 is 9.90 Å². The van der Waals surface area contributed by atoms with Crippen LogP contribution >= 0.6 is 0 Å². The molecule has 2 aromatic carbocycles. The Kier molecular flexibility index (Phi) is 3.39. The van der Waals surface area contributed by atoms with Gasteiger partial charge in [0.15, 0.2) is 0 Å². The smallest absolute Gasteiger partial charge is 0.258 e. The van der Waals surface area contributed by atoms with E-state index in [2.05, 4.69) is 5.32 Å². The molecule has 0 atom stereocenters. The Hall–Kier alpha value is -2.33. The van der Waals surface area contributed by atoms with Crippen LogP contribution in [-0.2, 0) is 6.54 Å². The van der Waals surface area contributed by atoms with Crippen LogP contribution in [0.15, 0.2) is 48.5 Å². The lowest BCUT2D eigenvalue weighted by Gasteiger charge is -2.22. The van der Waals surface area contributed by atoms with Gasteiger partial charge in [-0.25, -0.2) is 0 Å². The number of hydrogen-bond acceptors (Lipinski definition) is 3. The molecule has 0 aromatic heterocycles. The summed E-state index contributed by atoms with van der Waals surface area (Å²) in [5.41, 5.74) is 2.66. The topological polar surface area (TPSA) is 52.6 Å². The molecule has 0 aliphatic carbocycles. The molecule has 3 rings (SSSR count). The van der Waals surface area contributed by atoms with Gasteiger partial charge in [0.2, 0.25) is 0 Å². The first-order valence-corrected chi connectivity index (χ1v) is 6.65. The van der Waals surface area contributed by atoms with E-state index in [9.17, 15) is 9.90 Å². The van der Waals surface area contributed by atoms with Crippen LogP contribution in [0.4, 0.5) is 5.69 Å². The molecule has 0 saturated heterocycles. The fourth-order valence-corrected chi connectivity index (χ4v) is 2.43. The van der Waals surface area contributed by atoms with E-state index in [4.69, 9.17) is 0 Å². The molecular formula is C16H16N2O2. The minimum absolute atomic E-state index is 0.0406. The number of benzene rings is 2. The number of carbonyl (C=O) groups excluding carboxylic acids is 1. The first-order valence-electron chi connectivity index (χ1n) is 6.65. The molecular weight excluding hydrogens is 252 g/mol. The van der Waals surface area contributed by atoms with E-state index in [-0.39, 0.29) is 11.7 Å². The highest BCUT2D eigenvalue weighted by molar-refractivity contribution is 6.06. The zero-order valence-electron chi connectivity index (χ0n) is 11.0. The Labute approximate surface area is 117 Å². The van der Waals surface area contributed by atoms with Gasteiger partial charge in [-0.05, 0) is 35.9 Å². The van der Waals surface area contributed by atoms with Crippen molar-refractivity contribution in [3.63, 3.8) is 0 Å². The number of phenolic OH excluding ortho intramolecular Hbond substituents is 1. The van der Waals surface area contributed by atoms with Crippen molar-refractivity contribution in [2.45, 2.75) is 6.54 Å². The third-order valence-corrected chi connectivity index (χ3v) is 3.47. The zero-order valence-corrected chi connectivity index (χ0v) is 11.0. The lowest BCUT2D eigenvalue weighted by molar-refractivity contribution is 0.0987. The molecule has 2 N–H and O–H groups in total. The molecule has 102 valence electrons. The van der Waals surface area contributed by atoms with Gasteiger partial charge in [-0.15, -0.1) is 0 Å². The molecule has 1 aliphatic heterocycles. The number of fused-ring (bicyclic) bond motifs is 1. The highest BCUT2D eigenvalue weighted by atomic mass is 16.3. The molecule has 0 fully saturated rings. The number of rotatable bonds is 1. The van der Waals surface area contributed by atoms with Crippen LogP contribution in [0, 0.1) is 0 Å². The van der Waals surface area contributed by atoms with E-state index in [0.29, 0.717) is 12.1 Å². The maximum atomic E-state index is 12.6. The molecule has 1 heterocycles. The number of hydrogen-bond donors (Lipinski definition) is 2. The second-order valence-electron chi connectivity index (χ2n) is 4.81. The average Bonchev–Trinajstić information content (AvgIpc) is 2.69. The lowest BCUT2D eigenvalue weighted by atomic mass is 10.1. The van der Waals surface area contributed by atoms with Gasteiger partial charge in [-0.1, -0.05) is 18.2 Å². The van der Waals surface area contributed by atoms with E-state index in [1.54, 1.807) is 17.0 Å². The summed E-state index contributed by atoms with van der Waals surface area (Å²) in [6.45, 7) is 2.17. The highest BCUT2D eigenvalue weighted by Crippen LogP contribution is 2.24. The van der Waals surface area contributed by atoms with Crippen molar-refractivity contribution in [1.82, 2.24) is 5.32 Å². The standard InChI is InChI=1S/C16H16N2O2/c19-14-7-5-12(6-8-14)16(20)18-10-9-17-11-13-3-1-2-4-15(13)18/h1-8,17,19H,9-11H2. The number of amides is 1. The Bertz CT molecular complexity index is 623. The number of aromatic hydroxyl groups is 1. The predicted octanol–water partition coefficient (Wildman–Crippen LogP) is 2.14. The van der Waals surface area contributed by atoms with Crippen molar-refractivity contribution in [2.75, 3.05) is 18.0 Å². The van der Waals surface area contributed by atoms with Gasteiger partial charge < -0.3 is 15.3 Å². The van der Waals surface area contributed by atoms with Crippen molar-refractivity contribution in [2.24, 2.45) is 0 Å². The summed E-state index contributed by atoms with van der Waals surface area (Å²) in [5.74, 6) is 0.126. The third-order valence-electron chi connectivity index (χ3n) is 3.47. The summed E-state index contributed by atoms with van der Waals surface area (Å²) in [6, 6.07) is 14.3. The van der Waals surface area contributed by atoms with Gasteiger partial charge in [0.05, 0.1) is 0 Å². The molecule has 20 heavy (non-hydrogen) atoms. The minimum Gasteiger partial charge on any atom is -0.508 e. The number of anilines is 1. The Morgan fingerprint density at radius 3 is 2.65 bits per heavy atom. The van der Waals surface area contributed by atoms with Gasteiger partial charge in [0.1, 0.15) is 5.75 Å². The van der Waals surface area contributed by atoms with Gasteiger partial charge in [-0.3, -0.25) is 4.79 Å². The second kappa shape index (κ2) is 5.35. The van der Waals surface area contributed by atoms with Gasteiger partial charge in [0, 0.05) is 30.9 Å². The summed E-state index contributed by atoms with van der Waals surface area (Å²) >= 11 is 0. The van der Waals surface area contributed by atoms with E-state index in [1.807, 2.05) is 24.3 Å². The predicted molar refractivity (Wildman–Crippen MR) is 77.9 cm³/mol. The number of nitrogens with one attached hydrogen (secondary N) is 1. The molecule has 0 radical (unpaired) electrons. The second-order valence-corrected chi connectivity index (χ2v) is 4.81. The van der Waals surface area contributed by atoms with Crippen molar-refractivity contribution in [3.05, 3.63) is 59.7 Å². The van der Waals surface area contributed by atoms with E-state index in [1.165, 1.54) is 12.1 Å². The summed E-state index contributed by atoms with van der Waals surface area (Å²) in [4.78, 5) is 14.4. The number of carbonyl (C=O) groups is 1. The Morgan fingerprint density at radius 2 is 1.85 bits per heavy atom. The first kappa shape index (κ1) is 12.7. The molecule has 1 amide bonds. The summed E-state index contributed by atoms with van der Waals surface area (Å²) in [7, 11) is 0. The highest BCUT2D eigenvalue weighted by Gasteiger charge is 2.21. The third kappa shape index (κ3) is 2.38. The summed E-state index contributed by atoms with van der Waals surface area (Å²) in [5, 5.41) is 12.6. The summed E-state index contributed by atoms with van der Waals surface area (Å²) in [6.07, 6.45) is 0. The maximum Gasteiger partial charge on any atom is 0.258 e. The van der Waals surface area contributed by atoms with Crippen LogP contribution in [0.5, 0.6) is 5.75 Å². The minimum atomic E-state index is -0.0406. The molecule has 0 unspecified atom stereocenters. The monoisotopic (exact) mass is 268 g/mol. The van der Waals surface area contributed by atoms with Crippen LogP contribution in [-0.4, -0.2) is 24.1 Å². The van der Waals surface area contributed by atoms with Crippen molar-refractivity contribution >= 4 is 11.6 Å². The van der Waals surface area contributed by atoms with E-state index < -0.39 is 0 Å². The fraction of sp³-hybridized carbons (Fsp3) is 0.188. The SMILES string of the molecule is O=C(c1ccc(O)cc1)N1CCNCc2ccccc21. The largest absolute Gasteiger partial charge is 0.508 e. The quantitative estimate of drug-likeness (QED) is 0.833. The molecule has 0 bridgehead atoms. The van der Waals surface area contributed by atoms with Crippen molar-refractivity contribution in [3.8, 4) is 5.75 Å². The zero-order chi connectivity index (χ0) is 13.9. The summed E-state index contributed by atoms with van der Waals surface area (Å²) < 4.78 is 0.